The smallest absolute Gasteiger partial charge is 0.249 e. The van der Waals surface area contributed by atoms with E-state index in [0.29, 0.717) is 22.9 Å². The fraction of sp³-hybridized carbons (Fsp3) is 0.167. The Kier molecular flexibility index (Phi) is 5.49. The van der Waals surface area contributed by atoms with Crippen LogP contribution >= 0.6 is 0 Å². The van der Waals surface area contributed by atoms with Gasteiger partial charge in [-0.25, -0.2) is 0 Å². The van der Waals surface area contributed by atoms with Crippen LogP contribution < -0.4 is 14.8 Å². The number of para-hydroxylation sites is 1. The number of nitrogens with zero attached hydrogens (tertiary/aromatic N) is 1. The molecule has 0 unspecified atom stereocenters. The van der Waals surface area contributed by atoms with Crippen molar-refractivity contribution in [2.45, 2.75) is 13.8 Å². The Bertz CT molecular complexity index is 1280. The first kappa shape index (κ1) is 20.3. The molecule has 2 aromatic heterocycles. The van der Waals surface area contributed by atoms with Crippen LogP contribution in [0.2, 0.25) is 0 Å². The molecule has 2 aromatic carbocycles. The van der Waals surface area contributed by atoms with Crippen LogP contribution in [-0.4, -0.2) is 25.3 Å². The van der Waals surface area contributed by atoms with E-state index in [1.165, 1.54) is 6.08 Å². The van der Waals surface area contributed by atoms with Gasteiger partial charge in [-0.2, -0.15) is 0 Å². The second kappa shape index (κ2) is 8.39. The number of benzene rings is 2. The number of hydrogen-bond donors (Lipinski definition) is 1. The lowest BCUT2D eigenvalue weighted by Gasteiger charge is -2.11. The van der Waals surface area contributed by atoms with Crippen molar-refractivity contribution in [3.63, 3.8) is 0 Å². The van der Waals surface area contributed by atoms with Crippen molar-refractivity contribution in [1.82, 2.24) is 5.16 Å². The van der Waals surface area contributed by atoms with E-state index in [-0.39, 0.29) is 5.91 Å². The highest BCUT2D eigenvalue weighted by molar-refractivity contribution is 6.05. The van der Waals surface area contributed by atoms with Crippen LogP contribution in [0.5, 0.6) is 11.5 Å². The monoisotopic (exact) mass is 418 g/mol. The number of carbonyl (C=O) groups is 1. The molecule has 0 radical (unpaired) electrons. The van der Waals surface area contributed by atoms with E-state index < -0.39 is 0 Å². The first-order valence-corrected chi connectivity index (χ1v) is 9.65. The molecule has 7 nitrogen and oxygen atoms in total. The molecule has 158 valence electrons. The zero-order valence-electron chi connectivity index (χ0n) is 17.7. The van der Waals surface area contributed by atoms with Crippen LogP contribution in [0, 0.1) is 6.92 Å². The summed E-state index contributed by atoms with van der Waals surface area (Å²) in [5.74, 6) is 2.02. The lowest BCUT2D eigenvalue weighted by atomic mass is 9.99. The van der Waals surface area contributed by atoms with Crippen molar-refractivity contribution in [2.24, 2.45) is 0 Å². The molecule has 0 fully saturated rings. The van der Waals surface area contributed by atoms with Crippen LogP contribution in [0.15, 0.2) is 63.7 Å². The topological polar surface area (TPSA) is 86.7 Å². The van der Waals surface area contributed by atoms with Crippen LogP contribution in [0.25, 0.3) is 27.7 Å². The first-order valence-electron chi connectivity index (χ1n) is 9.65. The van der Waals surface area contributed by atoms with Gasteiger partial charge in [-0.15, -0.1) is 0 Å². The number of aryl methyl sites for hydroxylation is 1. The average Bonchev–Trinajstić information content (AvgIpc) is 3.37. The molecule has 1 amide bonds. The summed E-state index contributed by atoms with van der Waals surface area (Å²) in [6, 6.07) is 13.2. The highest BCUT2D eigenvalue weighted by atomic mass is 16.5. The molecule has 0 spiro atoms. The Morgan fingerprint density at radius 1 is 1.06 bits per heavy atom. The van der Waals surface area contributed by atoms with E-state index in [4.69, 9.17) is 18.4 Å². The van der Waals surface area contributed by atoms with Crippen LogP contribution in [-0.2, 0) is 4.79 Å². The highest BCUT2D eigenvalue weighted by Gasteiger charge is 2.17. The number of hydrogen-bond acceptors (Lipinski definition) is 6. The maximum Gasteiger partial charge on any atom is 0.249 e. The number of nitrogens with one attached hydrogen (secondary N) is 1. The molecule has 4 rings (SSSR count). The van der Waals surface area contributed by atoms with Crippen molar-refractivity contribution in [2.75, 3.05) is 19.5 Å². The summed E-state index contributed by atoms with van der Waals surface area (Å²) in [5, 5.41) is 7.36. The first-order chi connectivity index (χ1) is 15.0. The Labute approximate surface area is 179 Å². The Morgan fingerprint density at radius 2 is 1.84 bits per heavy atom. The number of furan rings is 1. The Hall–Kier alpha value is -4.00. The summed E-state index contributed by atoms with van der Waals surface area (Å²) in [6.07, 6.45) is 3.20. The molecule has 0 aliphatic heterocycles. The molecule has 0 bridgehead atoms. The molecule has 7 heteroatoms. The van der Waals surface area contributed by atoms with Gasteiger partial charge in [0.05, 0.1) is 20.5 Å². The zero-order chi connectivity index (χ0) is 22.0. The zero-order valence-corrected chi connectivity index (χ0v) is 17.7. The summed E-state index contributed by atoms with van der Waals surface area (Å²) >= 11 is 0. The second-order valence-electron chi connectivity index (χ2n) is 7.04. The van der Waals surface area contributed by atoms with Gasteiger partial charge in [0, 0.05) is 40.3 Å². The number of amides is 1. The maximum absolute atomic E-state index is 12.4. The van der Waals surface area contributed by atoms with E-state index >= 15 is 0 Å². The van der Waals surface area contributed by atoms with Gasteiger partial charge in [0.1, 0.15) is 22.8 Å². The van der Waals surface area contributed by atoms with E-state index in [0.717, 1.165) is 33.4 Å². The number of fused-ring (bicyclic) bond motifs is 1. The van der Waals surface area contributed by atoms with Gasteiger partial charge in [0.25, 0.3) is 0 Å². The van der Waals surface area contributed by atoms with Crippen LogP contribution in [0.4, 0.5) is 5.82 Å². The standard InChI is InChI=1S/C24H22N2O5/c1-14(9-24(27)25-23-10-15(2)31-26-23)17-11-18-19(13-30-22(18)12-21(17)29-4)16-7-5-6-8-20(16)28-3/h5-13H,1-4H3,(H,25,26,27)/b14-9+. The molecular weight excluding hydrogens is 396 g/mol. The number of methoxy groups -OCH3 is 2. The minimum atomic E-state index is -0.315. The van der Waals surface area contributed by atoms with Crippen molar-refractivity contribution in [3.05, 3.63) is 66.1 Å². The lowest BCUT2D eigenvalue weighted by Crippen LogP contribution is -2.08. The summed E-state index contributed by atoms with van der Waals surface area (Å²) in [6.45, 7) is 3.61. The normalized spacial score (nSPS) is 11.5. The molecule has 0 aliphatic carbocycles. The van der Waals surface area contributed by atoms with Crippen LogP contribution in [0.3, 0.4) is 0 Å². The number of aromatic nitrogens is 1. The third-order valence-corrected chi connectivity index (χ3v) is 4.94. The van der Waals surface area contributed by atoms with Gasteiger partial charge >= 0.3 is 0 Å². The Balaban J connectivity index is 1.75. The van der Waals surface area contributed by atoms with E-state index in [1.54, 1.807) is 33.5 Å². The maximum atomic E-state index is 12.4. The van der Waals surface area contributed by atoms with Gasteiger partial charge in [-0.3, -0.25) is 4.79 Å². The third kappa shape index (κ3) is 4.02. The summed E-state index contributed by atoms with van der Waals surface area (Å²) in [7, 11) is 3.22. The predicted octanol–water partition coefficient (Wildman–Crippen LogP) is 5.46. The van der Waals surface area contributed by atoms with Gasteiger partial charge in [-0.1, -0.05) is 23.4 Å². The van der Waals surface area contributed by atoms with Crippen molar-refractivity contribution < 1.29 is 23.2 Å². The molecule has 31 heavy (non-hydrogen) atoms. The minimum absolute atomic E-state index is 0.315. The summed E-state index contributed by atoms with van der Waals surface area (Å²) in [5.41, 5.74) is 3.99. The molecule has 1 N–H and O–H groups in total. The van der Waals surface area contributed by atoms with Gasteiger partial charge < -0.3 is 23.7 Å². The van der Waals surface area contributed by atoms with Gasteiger partial charge in [0.2, 0.25) is 5.91 Å². The number of carbonyl (C=O) groups excluding carboxylic acids is 1. The second-order valence-corrected chi connectivity index (χ2v) is 7.04. The van der Waals surface area contributed by atoms with E-state index in [1.807, 2.05) is 43.3 Å². The van der Waals surface area contributed by atoms with Gasteiger partial charge in [-0.05, 0) is 31.6 Å². The SMILES string of the molecule is COc1cc2occ(-c3ccccc3OC)c2cc1/C(C)=C/C(=O)Nc1cc(C)on1. The number of rotatable bonds is 6. The number of allylic oxidation sites excluding steroid dienone is 1. The lowest BCUT2D eigenvalue weighted by molar-refractivity contribution is -0.111. The quantitative estimate of drug-likeness (QED) is 0.419. The molecule has 0 atom stereocenters. The Morgan fingerprint density at radius 3 is 2.55 bits per heavy atom. The summed E-state index contributed by atoms with van der Waals surface area (Å²) in [4.78, 5) is 12.4. The van der Waals surface area contributed by atoms with Crippen molar-refractivity contribution >= 4 is 28.3 Å². The van der Waals surface area contributed by atoms with Crippen molar-refractivity contribution in [1.29, 1.82) is 0 Å². The largest absolute Gasteiger partial charge is 0.496 e. The minimum Gasteiger partial charge on any atom is -0.496 e. The third-order valence-electron chi connectivity index (χ3n) is 4.94. The molecule has 2 heterocycles. The molecule has 0 aliphatic rings. The molecular formula is C24H22N2O5. The van der Waals surface area contributed by atoms with Gasteiger partial charge in [0.15, 0.2) is 5.82 Å². The fourth-order valence-corrected chi connectivity index (χ4v) is 3.47. The van der Waals surface area contributed by atoms with E-state index in [9.17, 15) is 4.79 Å². The fourth-order valence-electron chi connectivity index (χ4n) is 3.47. The van der Waals surface area contributed by atoms with Crippen LogP contribution in [0.1, 0.15) is 18.2 Å². The molecule has 0 saturated carbocycles. The number of anilines is 1. The summed E-state index contributed by atoms with van der Waals surface area (Å²) < 4.78 is 21.8. The highest BCUT2D eigenvalue weighted by Crippen LogP contribution is 2.40. The molecule has 0 saturated heterocycles. The van der Waals surface area contributed by atoms with Crippen molar-refractivity contribution in [3.8, 4) is 22.6 Å². The number of ether oxygens (including phenoxy) is 2. The average molecular weight is 418 g/mol. The molecule has 4 aromatic rings. The van der Waals surface area contributed by atoms with E-state index in [2.05, 4.69) is 10.5 Å². The predicted molar refractivity (Wildman–Crippen MR) is 118 cm³/mol.